The van der Waals surface area contributed by atoms with Crippen molar-refractivity contribution < 1.29 is 18.9 Å². The molecule has 2 fully saturated rings. The number of hydrogen-bond acceptors (Lipinski definition) is 8. The summed E-state index contributed by atoms with van der Waals surface area (Å²) in [4.78, 5) is 0. The molecule has 0 aliphatic carbocycles. The van der Waals surface area contributed by atoms with Crippen molar-refractivity contribution in [1.82, 2.24) is 0 Å². The molecule has 0 saturated carbocycles. The van der Waals surface area contributed by atoms with Gasteiger partial charge < -0.3 is 18.9 Å². The highest BCUT2D eigenvalue weighted by Gasteiger charge is 2.80. The van der Waals surface area contributed by atoms with Crippen molar-refractivity contribution in [3.63, 3.8) is 0 Å². The number of para-hydroxylation sites is 1. The highest BCUT2D eigenvalue weighted by molar-refractivity contribution is 5.89. The number of ether oxygens (including phenoxy) is 4. The molecule has 4 atom stereocenters. The molecule has 32 heavy (non-hydrogen) atoms. The topological polar surface area (TPSA) is 132 Å². The van der Waals surface area contributed by atoms with Crippen LogP contribution in [0.15, 0.2) is 48.5 Å². The smallest absolute Gasteiger partial charge is 0.244 e. The molecule has 160 valence electrons. The molecule has 2 heterocycles. The number of hydrogen-bond donors (Lipinski definition) is 1. The Morgan fingerprint density at radius 3 is 2.16 bits per heavy atom. The van der Waals surface area contributed by atoms with Gasteiger partial charge in [0.1, 0.15) is 17.6 Å². The molecule has 0 aromatic heterocycles. The van der Waals surface area contributed by atoms with Gasteiger partial charge in [0.25, 0.3) is 0 Å². The summed E-state index contributed by atoms with van der Waals surface area (Å²) in [6.07, 6.45) is -1.23. The lowest BCUT2D eigenvalue weighted by Gasteiger charge is -2.48. The summed E-state index contributed by atoms with van der Waals surface area (Å²) in [7, 11) is 3.01. The molecule has 0 spiro atoms. The van der Waals surface area contributed by atoms with Gasteiger partial charge in [0.05, 0.1) is 38.3 Å². The van der Waals surface area contributed by atoms with E-state index in [9.17, 15) is 15.8 Å². The van der Waals surface area contributed by atoms with E-state index in [0.717, 1.165) is 0 Å². The minimum atomic E-state index is -2.06. The van der Waals surface area contributed by atoms with Gasteiger partial charge in [0, 0.05) is 11.1 Å². The third-order valence-corrected chi connectivity index (χ3v) is 6.58. The largest absolute Gasteiger partial charge is 0.497 e. The summed E-state index contributed by atoms with van der Waals surface area (Å²) < 4.78 is 23.2. The van der Waals surface area contributed by atoms with Crippen LogP contribution < -0.4 is 9.47 Å². The maximum Gasteiger partial charge on any atom is 0.244 e. The van der Waals surface area contributed by atoms with E-state index in [1.807, 2.05) is 12.1 Å². The number of rotatable bonds is 4. The Kier molecular flexibility index (Phi) is 4.81. The zero-order valence-electron chi connectivity index (χ0n) is 17.7. The Hall–Kier alpha value is -4.06. The van der Waals surface area contributed by atoms with Crippen molar-refractivity contribution in [3.05, 3.63) is 59.7 Å². The molecule has 0 amide bonds. The summed E-state index contributed by atoms with van der Waals surface area (Å²) in [6, 6.07) is 19.9. The van der Waals surface area contributed by atoms with Crippen molar-refractivity contribution in [3.8, 4) is 29.7 Å². The second-order valence-electron chi connectivity index (χ2n) is 7.74. The molecule has 4 rings (SSSR count). The molecule has 2 aliphatic rings. The molecule has 4 unspecified atom stereocenters. The Morgan fingerprint density at radius 2 is 1.59 bits per heavy atom. The second-order valence-corrected chi connectivity index (χ2v) is 7.74. The quantitative estimate of drug-likeness (QED) is 0.783. The second kappa shape index (κ2) is 7.27. The van der Waals surface area contributed by atoms with E-state index >= 15 is 0 Å². The summed E-state index contributed by atoms with van der Waals surface area (Å²) in [6.45, 7) is 1.66. The molecule has 0 radical (unpaired) electrons. The first-order valence-corrected chi connectivity index (χ1v) is 9.87. The Morgan fingerprint density at radius 1 is 0.938 bits per heavy atom. The summed E-state index contributed by atoms with van der Waals surface area (Å²) in [5, 5.41) is 39.6. The summed E-state index contributed by atoms with van der Waals surface area (Å²) >= 11 is 0. The van der Waals surface area contributed by atoms with Crippen molar-refractivity contribution in [1.29, 1.82) is 21.2 Å². The number of nitrogens with zero attached hydrogens (tertiary/aromatic N) is 3. The number of benzene rings is 2. The van der Waals surface area contributed by atoms with Gasteiger partial charge in [-0.15, -0.1) is 0 Å². The zero-order valence-corrected chi connectivity index (χ0v) is 17.7. The molecule has 1 N–H and O–H groups in total. The minimum Gasteiger partial charge on any atom is -0.497 e. The molecule has 2 bridgehead atoms. The van der Waals surface area contributed by atoms with E-state index in [1.54, 1.807) is 62.6 Å². The number of fused-ring (bicyclic) bond motifs is 2. The number of nitriles is 3. The highest BCUT2D eigenvalue weighted by Crippen LogP contribution is 2.69. The van der Waals surface area contributed by atoms with Crippen LogP contribution in [0.1, 0.15) is 24.2 Å². The maximum absolute atomic E-state index is 10.4. The lowest BCUT2D eigenvalue weighted by Crippen LogP contribution is -2.57. The molecular formula is C24H20N4O4. The van der Waals surface area contributed by atoms with Crippen molar-refractivity contribution in [2.45, 2.75) is 18.8 Å². The van der Waals surface area contributed by atoms with Crippen LogP contribution in [0.2, 0.25) is 0 Å². The standard InChI is InChI=1S/C24H20N4O4/c1-15-23(14-27)21(28)32-24(15,16-8-10-17(29-2)11-9-16)31-20(22(23,12-25)13-26)18-6-4-5-7-19(18)30-3/h4-11,15,20,28H,1-3H3. The van der Waals surface area contributed by atoms with Gasteiger partial charge in [-0.2, -0.15) is 15.8 Å². The third kappa shape index (κ3) is 2.35. The molecular weight excluding hydrogens is 408 g/mol. The first-order chi connectivity index (χ1) is 15.4. The van der Waals surface area contributed by atoms with E-state index < -0.39 is 34.5 Å². The Balaban J connectivity index is 2.03. The van der Waals surface area contributed by atoms with E-state index in [2.05, 4.69) is 6.07 Å². The van der Waals surface area contributed by atoms with Crippen LogP contribution in [0.4, 0.5) is 0 Å². The van der Waals surface area contributed by atoms with E-state index in [0.29, 0.717) is 22.6 Å². The zero-order chi connectivity index (χ0) is 23.1. The van der Waals surface area contributed by atoms with Gasteiger partial charge in [-0.25, -0.2) is 0 Å². The summed E-state index contributed by atoms with van der Waals surface area (Å²) in [5.74, 6) is -1.87. The first kappa shape index (κ1) is 21.2. The van der Waals surface area contributed by atoms with Crippen LogP contribution in [0.25, 0.3) is 0 Å². The van der Waals surface area contributed by atoms with E-state index in [-0.39, 0.29) is 0 Å². The highest BCUT2D eigenvalue weighted by atomic mass is 16.7. The van der Waals surface area contributed by atoms with Gasteiger partial charge in [0.2, 0.25) is 17.1 Å². The monoisotopic (exact) mass is 428 g/mol. The van der Waals surface area contributed by atoms with Crippen molar-refractivity contribution in [2.75, 3.05) is 14.2 Å². The minimum absolute atomic E-state index is 0.394. The van der Waals surface area contributed by atoms with Gasteiger partial charge >= 0.3 is 0 Å². The van der Waals surface area contributed by atoms with Crippen molar-refractivity contribution in [2.24, 2.45) is 16.7 Å². The Labute approximate surface area is 185 Å². The van der Waals surface area contributed by atoms with Gasteiger partial charge in [-0.05, 0) is 30.3 Å². The van der Waals surface area contributed by atoms with Crippen LogP contribution in [0.5, 0.6) is 11.5 Å². The first-order valence-electron chi connectivity index (χ1n) is 9.87. The van der Waals surface area contributed by atoms with Crippen LogP contribution in [0.3, 0.4) is 0 Å². The summed E-state index contributed by atoms with van der Waals surface area (Å²) in [5.41, 5.74) is -2.97. The Bertz CT molecular complexity index is 1190. The number of methoxy groups -OCH3 is 2. The maximum atomic E-state index is 10.4. The molecule has 2 aliphatic heterocycles. The lowest BCUT2D eigenvalue weighted by molar-refractivity contribution is -0.288. The number of nitrogens with one attached hydrogen (secondary N) is 1. The molecule has 8 heteroatoms. The van der Waals surface area contributed by atoms with Crippen LogP contribution in [-0.4, -0.2) is 20.1 Å². The van der Waals surface area contributed by atoms with Gasteiger partial charge in [0.15, 0.2) is 5.41 Å². The fraction of sp³-hybridized carbons (Fsp3) is 0.333. The average Bonchev–Trinajstić information content (AvgIpc) is 3.00. The third-order valence-electron chi connectivity index (χ3n) is 6.58. The van der Waals surface area contributed by atoms with Crippen LogP contribution >= 0.6 is 0 Å². The fourth-order valence-corrected chi connectivity index (χ4v) is 4.85. The SMILES string of the molecule is COc1ccc(C23OC(=N)C(C#N)(C2C)C(C#N)(C#N)C(c2ccccc2OC)O3)cc1. The average molecular weight is 428 g/mol. The molecule has 2 saturated heterocycles. The van der Waals surface area contributed by atoms with Crippen molar-refractivity contribution >= 4 is 5.90 Å². The van der Waals surface area contributed by atoms with E-state index in [4.69, 9.17) is 24.4 Å². The normalized spacial score (nSPS) is 29.7. The lowest BCUT2D eigenvalue weighted by atomic mass is 9.53. The van der Waals surface area contributed by atoms with Crippen LogP contribution in [0, 0.1) is 56.2 Å². The molecule has 2 aromatic carbocycles. The van der Waals surface area contributed by atoms with Crippen LogP contribution in [-0.2, 0) is 15.3 Å². The predicted molar refractivity (Wildman–Crippen MR) is 111 cm³/mol. The molecule has 2 aromatic rings. The van der Waals surface area contributed by atoms with Gasteiger partial charge in [-0.1, -0.05) is 25.1 Å². The molecule has 8 nitrogen and oxygen atoms in total. The fourth-order valence-electron chi connectivity index (χ4n) is 4.85. The van der Waals surface area contributed by atoms with Gasteiger partial charge in [-0.3, -0.25) is 5.41 Å². The predicted octanol–water partition coefficient (Wildman–Crippen LogP) is 3.82. The van der Waals surface area contributed by atoms with E-state index in [1.165, 1.54) is 7.11 Å².